The van der Waals surface area contributed by atoms with Crippen molar-refractivity contribution in [1.82, 2.24) is 0 Å². The Kier molecular flexibility index (Phi) is 13.5. The lowest BCUT2D eigenvalue weighted by Gasteiger charge is -2.37. The van der Waals surface area contributed by atoms with Crippen LogP contribution in [0.1, 0.15) is 106 Å². The maximum Gasteiger partial charge on any atom is 0.414 e. The molecule has 1 N–H and O–H groups in total. The summed E-state index contributed by atoms with van der Waals surface area (Å²) >= 11 is 0. The lowest BCUT2D eigenvalue weighted by molar-refractivity contribution is 0.0569. The fourth-order valence-corrected chi connectivity index (χ4v) is 9.41. The molecule has 10 nitrogen and oxygen atoms in total. The molecule has 12 heteroatoms. The summed E-state index contributed by atoms with van der Waals surface area (Å²) in [4.78, 5) is 29.5. The minimum atomic E-state index is -1.94. The maximum absolute atomic E-state index is 13.1. The number of hydrogen-bond acceptors (Lipinski definition) is 8. The molecule has 61 heavy (non-hydrogen) atoms. The highest BCUT2D eigenvalue weighted by atomic mass is 28.4. The van der Waals surface area contributed by atoms with Crippen molar-refractivity contribution < 1.29 is 37.8 Å². The van der Waals surface area contributed by atoms with Crippen molar-refractivity contribution in [2.45, 2.75) is 142 Å². The fourth-order valence-electron chi connectivity index (χ4n) is 7.31. The van der Waals surface area contributed by atoms with Gasteiger partial charge in [0.2, 0.25) is 0 Å². The third-order valence-corrected chi connectivity index (χ3v) is 21.6. The van der Waals surface area contributed by atoms with Crippen LogP contribution in [0.15, 0.2) is 60.7 Å². The molecule has 0 spiro atoms. The van der Waals surface area contributed by atoms with E-state index in [1.807, 2.05) is 84.0 Å². The number of carbonyl (C=O) groups excluding carboxylic acids is 2. The molecular weight excluding hydrogens is 801 g/mol. The zero-order chi connectivity index (χ0) is 45.7. The Labute approximate surface area is 367 Å². The van der Waals surface area contributed by atoms with E-state index in [2.05, 4.69) is 79.9 Å². The van der Waals surface area contributed by atoms with Crippen molar-refractivity contribution >= 4 is 61.7 Å². The van der Waals surface area contributed by atoms with Gasteiger partial charge in [0.1, 0.15) is 22.7 Å². The average molecular weight is 873 g/mol. The van der Waals surface area contributed by atoms with Gasteiger partial charge in [-0.05, 0) is 99.7 Å². The van der Waals surface area contributed by atoms with E-state index in [0.29, 0.717) is 32.0 Å². The number of phenolic OH excluding ortho intramolecular Hbond substituents is 1. The molecule has 0 fully saturated rings. The predicted octanol–water partition coefficient (Wildman–Crippen LogP) is 13.1. The minimum Gasteiger partial charge on any atom is -0.507 e. The van der Waals surface area contributed by atoms with Gasteiger partial charge in [-0.3, -0.25) is 9.80 Å². The highest BCUT2D eigenvalue weighted by molar-refractivity contribution is 6.74. The van der Waals surface area contributed by atoms with Crippen LogP contribution in [0.2, 0.25) is 36.3 Å². The van der Waals surface area contributed by atoms with Gasteiger partial charge in [-0.25, -0.2) is 9.59 Å². The molecule has 2 unspecified atom stereocenters. The number of benzene rings is 4. The lowest BCUT2D eigenvalue weighted by atomic mass is 9.95. The van der Waals surface area contributed by atoms with Crippen LogP contribution in [0.25, 0.3) is 21.5 Å². The Morgan fingerprint density at radius 1 is 0.607 bits per heavy atom. The highest BCUT2D eigenvalue weighted by Gasteiger charge is 2.43. The molecule has 0 aromatic heterocycles. The first kappa shape index (κ1) is 47.9. The topological polar surface area (TPSA) is 107 Å². The van der Waals surface area contributed by atoms with E-state index in [9.17, 15) is 14.7 Å². The fraction of sp³-hybridized carbons (Fsp3) is 0.551. The van der Waals surface area contributed by atoms with Gasteiger partial charge < -0.3 is 28.2 Å². The Morgan fingerprint density at radius 3 is 1.34 bits per heavy atom. The molecule has 6 rings (SSSR count). The SMILES string of the molecule is CC(C)(C)OC(=O)N1CC(CO[Si](C)(C)C(C)(C)C)c2c1cc(O)c1ccccc21.COc1cc2c(c3ccccc13)C(CO[Si](C)(C)C(C)(C)C)CN2C(=O)OC(C)(C)C. The molecule has 334 valence electrons. The van der Waals surface area contributed by atoms with Crippen molar-refractivity contribution in [3.05, 3.63) is 71.8 Å². The number of aromatic hydroxyl groups is 1. The highest BCUT2D eigenvalue weighted by Crippen LogP contribution is 2.48. The molecule has 2 heterocycles. The zero-order valence-corrected chi connectivity index (χ0v) is 42.0. The van der Waals surface area contributed by atoms with Gasteiger partial charge >= 0.3 is 12.2 Å². The van der Waals surface area contributed by atoms with E-state index in [4.69, 9.17) is 23.1 Å². The molecule has 0 radical (unpaired) electrons. The van der Waals surface area contributed by atoms with Gasteiger partial charge in [0.05, 0.1) is 18.5 Å². The van der Waals surface area contributed by atoms with Crippen molar-refractivity contribution in [2.24, 2.45) is 0 Å². The van der Waals surface area contributed by atoms with Crippen LogP contribution in [0.3, 0.4) is 0 Å². The number of carbonyl (C=O) groups is 2. The van der Waals surface area contributed by atoms with Gasteiger partial charge in [0.15, 0.2) is 16.6 Å². The summed E-state index contributed by atoms with van der Waals surface area (Å²) in [5, 5.41) is 14.8. The first-order valence-electron chi connectivity index (χ1n) is 21.6. The summed E-state index contributed by atoms with van der Waals surface area (Å²) in [5.41, 5.74) is 2.60. The van der Waals surface area contributed by atoms with E-state index in [0.717, 1.165) is 44.1 Å². The van der Waals surface area contributed by atoms with Crippen LogP contribution in [0.4, 0.5) is 21.0 Å². The van der Waals surface area contributed by atoms with Crippen LogP contribution in [0, 0.1) is 0 Å². The largest absolute Gasteiger partial charge is 0.507 e. The first-order valence-corrected chi connectivity index (χ1v) is 27.4. The third kappa shape index (κ3) is 10.6. The molecular formula is C49H72N2O8Si2. The Bertz CT molecular complexity index is 2240. The summed E-state index contributed by atoms with van der Waals surface area (Å²) in [6.07, 6.45) is -0.728. The van der Waals surface area contributed by atoms with Crippen molar-refractivity contribution in [3.63, 3.8) is 0 Å². The molecule has 0 aliphatic carbocycles. The second-order valence-corrected chi connectivity index (χ2v) is 31.3. The number of amides is 2. The van der Waals surface area contributed by atoms with Crippen molar-refractivity contribution in [1.29, 1.82) is 0 Å². The molecule has 4 aromatic carbocycles. The number of ether oxygens (including phenoxy) is 3. The molecule has 0 saturated carbocycles. The van der Waals surface area contributed by atoms with Crippen LogP contribution < -0.4 is 14.5 Å². The van der Waals surface area contributed by atoms with Gasteiger partial charge in [0.25, 0.3) is 0 Å². The number of hydrogen-bond donors (Lipinski definition) is 1. The standard InChI is InChI=1S/C25H37NO4Si.C24H35NO4Si/c1-24(2,3)30-23(27)26-15-17(16-29-31(8,9)25(4,5)6)22-19-13-11-10-12-18(19)21(28-7)14-20(22)26;1-23(2,3)29-22(27)25-14-16(15-28-30(7,8)24(4,5)6)21-18-12-10-9-11-17(18)20(26)13-19(21)25/h10-14,17H,15-16H2,1-9H3;9-13,16,26H,14-15H2,1-8H3. The van der Waals surface area contributed by atoms with Crippen LogP contribution in [-0.4, -0.2) is 78.5 Å². The number of methoxy groups -OCH3 is 1. The smallest absolute Gasteiger partial charge is 0.414 e. The van der Waals surface area contributed by atoms with Gasteiger partial charge in [-0.1, -0.05) is 90.1 Å². The Balaban J connectivity index is 0.000000231. The molecule has 2 aliphatic rings. The normalized spacial score (nSPS) is 17.2. The second kappa shape index (κ2) is 17.2. The minimum absolute atomic E-state index is 0.0205. The zero-order valence-electron chi connectivity index (χ0n) is 40.0. The van der Waals surface area contributed by atoms with E-state index in [-0.39, 0.29) is 33.8 Å². The Hall–Kier alpha value is -4.11. The maximum atomic E-state index is 13.1. The third-order valence-electron chi connectivity index (χ3n) is 12.6. The van der Waals surface area contributed by atoms with Gasteiger partial charge in [-0.2, -0.15) is 0 Å². The second-order valence-electron chi connectivity index (χ2n) is 21.6. The molecule has 2 amide bonds. The molecule has 2 atom stereocenters. The van der Waals surface area contributed by atoms with E-state index in [1.165, 1.54) is 0 Å². The summed E-state index contributed by atoms with van der Waals surface area (Å²) in [5.74, 6) is 1.03. The van der Waals surface area contributed by atoms with E-state index < -0.39 is 33.9 Å². The predicted molar refractivity (Wildman–Crippen MR) is 255 cm³/mol. The van der Waals surface area contributed by atoms with Crippen LogP contribution in [-0.2, 0) is 18.3 Å². The lowest BCUT2D eigenvalue weighted by Crippen LogP contribution is -2.42. The Morgan fingerprint density at radius 2 is 0.967 bits per heavy atom. The van der Waals surface area contributed by atoms with E-state index in [1.54, 1.807) is 23.0 Å². The number of anilines is 2. The van der Waals surface area contributed by atoms with Crippen molar-refractivity contribution in [3.8, 4) is 11.5 Å². The monoisotopic (exact) mass is 872 g/mol. The first-order chi connectivity index (χ1) is 28.0. The molecule has 0 saturated heterocycles. The molecule has 2 aliphatic heterocycles. The molecule has 0 bridgehead atoms. The van der Waals surface area contributed by atoms with E-state index >= 15 is 0 Å². The summed E-state index contributed by atoms with van der Waals surface area (Å²) < 4.78 is 30.2. The van der Waals surface area contributed by atoms with Gasteiger partial charge in [0, 0.05) is 61.0 Å². The average Bonchev–Trinajstić information content (AvgIpc) is 3.70. The van der Waals surface area contributed by atoms with Crippen LogP contribution >= 0.6 is 0 Å². The summed E-state index contributed by atoms with van der Waals surface area (Å²) in [6.45, 7) is 35.8. The van der Waals surface area contributed by atoms with Gasteiger partial charge in [-0.15, -0.1) is 0 Å². The number of nitrogens with zero attached hydrogens (tertiary/aromatic N) is 2. The van der Waals surface area contributed by atoms with Crippen molar-refractivity contribution in [2.75, 3.05) is 43.2 Å². The quantitative estimate of drug-likeness (QED) is 0.183. The number of rotatable bonds is 7. The molecule has 4 aromatic rings. The summed E-state index contributed by atoms with van der Waals surface area (Å²) in [6, 6.07) is 19.7. The number of fused-ring (bicyclic) bond motifs is 6. The number of phenols is 1. The summed E-state index contributed by atoms with van der Waals surface area (Å²) in [7, 11) is -2.20. The van der Waals surface area contributed by atoms with Crippen LogP contribution in [0.5, 0.6) is 11.5 Å².